The standard InChI is InChI=1S/C9H11BrO3/c10-7-3-1-4-6(5(3)2-11)9(12)13-8(4)7/h3-8,11H,1-2H2/t3-,4-,5-,6+,7-,8+/m1/s1. The second-order valence-corrected chi connectivity index (χ2v) is 5.34. The van der Waals surface area contributed by atoms with Gasteiger partial charge in [-0.2, -0.15) is 0 Å². The fourth-order valence-corrected chi connectivity index (χ4v) is 4.48. The van der Waals surface area contributed by atoms with E-state index < -0.39 is 0 Å². The average Bonchev–Trinajstić information content (AvgIpc) is 2.68. The first kappa shape index (κ1) is 8.24. The molecule has 0 amide bonds. The molecule has 0 unspecified atom stereocenters. The van der Waals surface area contributed by atoms with Crippen molar-refractivity contribution < 1.29 is 14.6 Å². The molecule has 72 valence electrons. The molecule has 0 spiro atoms. The molecule has 0 aromatic heterocycles. The molecule has 2 bridgehead atoms. The second kappa shape index (κ2) is 2.48. The number of fused-ring (bicyclic) bond motifs is 1. The van der Waals surface area contributed by atoms with Gasteiger partial charge < -0.3 is 9.84 Å². The van der Waals surface area contributed by atoms with E-state index in [9.17, 15) is 9.90 Å². The predicted octanol–water partition coefficient (Wildman–Crippen LogP) is 0.550. The zero-order valence-corrected chi connectivity index (χ0v) is 8.61. The second-order valence-electron chi connectivity index (χ2n) is 4.28. The monoisotopic (exact) mass is 246 g/mol. The van der Waals surface area contributed by atoms with Crippen LogP contribution in [0.3, 0.4) is 0 Å². The Morgan fingerprint density at radius 3 is 3.00 bits per heavy atom. The first-order chi connectivity index (χ1) is 6.24. The van der Waals surface area contributed by atoms with Crippen LogP contribution in [0, 0.1) is 23.7 Å². The lowest BCUT2D eigenvalue weighted by Gasteiger charge is -2.26. The van der Waals surface area contributed by atoms with Crippen molar-refractivity contribution in [2.24, 2.45) is 23.7 Å². The van der Waals surface area contributed by atoms with E-state index in [1.807, 2.05) is 0 Å². The summed E-state index contributed by atoms with van der Waals surface area (Å²) < 4.78 is 5.29. The van der Waals surface area contributed by atoms with Crippen molar-refractivity contribution in [3.63, 3.8) is 0 Å². The van der Waals surface area contributed by atoms with Crippen LogP contribution in [0.25, 0.3) is 0 Å². The summed E-state index contributed by atoms with van der Waals surface area (Å²) in [5.41, 5.74) is 0. The lowest BCUT2D eigenvalue weighted by Crippen LogP contribution is -2.35. The Bertz CT molecular complexity index is 268. The molecule has 1 N–H and O–H groups in total. The maximum absolute atomic E-state index is 11.5. The van der Waals surface area contributed by atoms with Gasteiger partial charge in [0.15, 0.2) is 0 Å². The number of ether oxygens (including phenoxy) is 1. The van der Waals surface area contributed by atoms with Crippen LogP contribution in [0.1, 0.15) is 6.42 Å². The van der Waals surface area contributed by atoms with Gasteiger partial charge in [-0.25, -0.2) is 0 Å². The van der Waals surface area contributed by atoms with Crippen LogP contribution in [0.15, 0.2) is 0 Å². The quantitative estimate of drug-likeness (QED) is 0.543. The van der Waals surface area contributed by atoms with E-state index in [2.05, 4.69) is 15.9 Å². The molecule has 0 radical (unpaired) electrons. The number of hydrogen-bond donors (Lipinski definition) is 1. The zero-order chi connectivity index (χ0) is 9.16. The van der Waals surface area contributed by atoms with Gasteiger partial charge in [-0.1, -0.05) is 15.9 Å². The Morgan fingerprint density at radius 1 is 1.54 bits per heavy atom. The van der Waals surface area contributed by atoms with Gasteiger partial charge in [0.25, 0.3) is 0 Å². The molecule has 3 rings (SSSR count). The highest BCUT2D eigenvalue weighted by Crippen LogP contribution is 2.59. The van der Waals surface area contributed by atoms with Crippen molar-refractivity contribution in [1.82, 2.24) is 0 Å². The third-order valence-corrected chi connectivity index (χ3v) is 5.10. The molecule has 0 aromatic rings. The van der Waals surface area contributed by atoms with E-state index in [1.165, 1.54) is 0 Å². The molecular formula is C9H11BrO3. The van der Waals surface area contributed by atoms with Crippen molar-refractivity contribution in [3.05, 3.63) is 0 Å². The van der Waals surface area contributed by atoms with Crippen molar-refractivity contribution in [2.45, 2.75) is 17.4 Å². The summed E-state index contributed by atoms with van der Waals surface area (Å²) in [6.45, 7) is 0.121. The average molecular weight is 247 g/mol. The topological polar surface area (TPSA) is 46.5 Å². The number of aliphatic hydroxyl groups excluding tert-OH is 1. The number of aliphatic hydroxyl groups is 1. The molecule has 6 atom stereocenters. The Morgan fingerprint density at radius 2 is 2.31 bits per heavy atom. The van der Waals surface area contributed by atoms with Crippen LogP contribution in [-0.4, -0.2) is 28.6 Å². The fraction of sp³-hybridized carbons (Fsp3) is 0.889. The lowest BCUT2D eigenvalue weighted by molar-refractivity contribution is -0.144. The van der Waals surface area contributed by atoms with Crippen molar-refractivity contribution in [3.8, 4) is 0 Å². The van der Waals surface area contributed by atoms with Gasteiger partial charge >= 0.3 is 5.97 Å². The van der Waals surface area contributed by atoms with E-state index in [1.54, 1.807) is 0 Å². The van der Waals surface area contributed by atoms with Gasteiger partial charge in [-0.15, -0.1) is 0 Å². The molecule has 1 heterocycles. The summed E-state index contributed by atoms with van der Waals surface area (Å²) in [5, 5.41) is 9.22. The smallest absolute Gasteiger partial charge is 0.310 e. The number of carbonyl (C=O) groups excluding carboxylic acids is 1. The van der Waals surface area contributed by atoms with Gasteiger partial charge in [0, 0.05) is 12.5 Å². The molecular weight excluding hydrogens is 236 g/mol. The molecule has 13 heavy (non-hydrogen) atoms. The summed E-state index contributed by atoms with van der Waals surface area (Å²) in [4.78, 5) is 11.7. The SMILES string of the molecule is O=C1O[C@@H]2[C@H](Br)[C@@H]3C[C@@H]2[C@H]1[C@@H]3CO. The molecule has 2 saturated carbocycles. The highest BCUT2D eigenvalue weighted by Gasteiger charge is 2.65. The maximum Gasteiger partial charge on any atom is 0.310 e. The van der Waals surface area contributed by atoms with Crippen LogP contribution in [-0.2, 0) is 9.53 Å². The Hall–Kier alpha value is -0.0900. The minimum Gasteiger partial charge on any atom is -0.461 e. The van der Waals surface area contributed by atoms with E-state index in [4.69, 9.17) is 4.74 Å². The first-order valence-corrected chi connectivity index (χ1v) is 5.61. The number of halogens is 1. The highest BCUT2D eigenvalue weighted by atomic mass is 79.9. The molecule has 4 heteroatoms. The molecule has 2 aliphatic carbocycles. The van der Waals surface area contributed by atoms with Gasteiger partial charge in [-0.05, 0) is 18.3 Å². The summed E-state index contributed by atoms with van der Waals surface area (Å²) in [6.07, 6.45) is 1.13. The van der Waals surface area contributed by atoms with Crippen molar-refractivity contribution in [1.29, 1.82) is 0 Å². The van der Waals surface area contributed by atoms with Crippen LogP contribution in [0.2, 0.25) is 0 Å². The Balaban J connectivity index is 2.01. The third kappa shape index (κ3) is 0.814. The fourth-order valence-electron chi connectivity index (χ4n) is 3.37. The summed E-state index contributed by atoms with van der Waals surface area (Å²) >= 11 is 3.57. The molecule has 1 aliphatic heterocycles. The Kier molecular flexibility index (Phi) is 1.57. The number of rotatable bonds is 1. The number of alkyl halides is 1. The minimum absolute atomic E-state index is 0.00574. The summed E-state index contributed by atoms with van der Waals surface area (Å²) in [6, 6.07) is 0. The van der Waals surface area contributed by atoms with Crippen LogP contribution in [0.4, 0.5) is 0 Å². The lowest BCUT2D eigenvalue weighted by atomic mass is 9.80. The van der Waals surface area contributed by atoms with E-state index >= 15 is 0 Å². The van der Waals surface area contributed by atoms with Crippen LogP contribution in [0.5, 0.6) is 0 Å². The van der Waals surface area contributed by atoms with Crippen molar-refractivity contribution in [2.75, 3.05) is 6.61 Å². The molecule has 0 aromatic carbocycles. The normalized spacial score (nSPS) is 57.2. The van der Waals surface area contributed by atoms with Crippen molar-refractivity contribution >= 4 is 21.9 Å². The van der Waals surface area contributed by atoms with Crippen LogP contribution >= 0.6 is 15.9 Å². The number of hydrogen-bond acceptors (Lipinski definition) is 3. The minimum atomic E-state index is -0.0847. The summed E-state index contributed by atoms with van der Waals surface area (Å²) in [7, 11) is 0. The number of esters is 1. The number of carbonyl (C=O) groups is 1. The van der Waals surface area contributed by atoms with Gasteiger partial charge in [0.1, 0.15) is 6.10 Å². The molecule has 3 fully saturated rings. The van der Waals surface area contributed by atoms with Gasteiger partial charge in [-0.3, -0.25) is 4.79 Å². The zero-order valence-electron chi connectivity index (χ0n) is 7.02. The Labute approximate surface area is 84.6 Å². The van der Waals surface area contributed by atoms with E-state index in [0.717, 1.165) is 6.42 Å². The predicted molar refractivity (Wildman–Crippen MR) is 48.3 cm³/mol. The van der Waals surface area contributed by atoms with Gasteiger partial charge in [0.2, 0.25) is 0 Å². The molecule has 1 saturated heterocycles. The van der Waals surface area contributed by atoms with E-state index in [-0.39, 0.29) is 35.3 Å². The molecule has 3 nitrogen and oxygen atoms in total. The highest BCUT2D eigenvalue weighted by molar-refractivity contribution is 9.09. The third-order valence-electron chi connectivity index (χ3n) is 3.90. The first-order valence-electron chi connectivity index (χ1n) is 4.69. The summed E-state index contributed by atoms with van der Waals surface area (Å²) in [5.74, 6) is 0.864. The van der Waals surface area contributed by atoms with Gasteiger partial charge in [0.05, 0.1) is 10.7 Å². The van der Waals surface area contributed by atoms with E-state index in [0.29, 0.717) is 11.8 Å². The largest absolute Gasteiger partial charge is 0.461 e. The van der Waals surface area contributed by atoms with Crippen LogP contribution < -0.4 is 0 Å². The molecule has 3 aliphatic rings. The maximum atomic E-state index is 11.5.